The minimum atomic E-state index is 0.452. The van der Waals surface area contributed by atoms with Gasteiger partial charge in [0.15, 0.2) is 0 Å². The lowest BCUT2D eigenvalue weighted by atomic mass is 9.84. The summed E-state index contributed by atoms with van der Waals surface area (Å²) < 4.78 is 5.34. The van der Waals surface area contributed by atoms with E-state index in [1.807, 2.05) is 0 Å². The van der Waals surface area contributed by atoms with E-state index in [1.165, 1.54) is 30.4 Å². The predicted octanol–water partition coefficient (Wildman–Crippen LogP) is 2.81. The van der Waals surface area contributed by atoms with Crippen molar-refractivity contribution in [2.24, 2.45) is 5.92 Å². The molecular formula is C12H15NO. The molecule has 2 bridgehead atoms. The van der Waals surface area contributed by atoms with Crippen LogP contribution >= 0.6 is 0 Å². The van der Waals surface area contributed by atoms with E-state index in [0.717, 1.165) is 12.8 Å². The van der Waals surface area contributed by atoms with Gasteiger partial charge in [0, 0.05) is 5.57 Å². The third-order valence-corrected chi connectivity index (χ3v) is 3.68. The van der Waals surface area contributed by atoms with Gasteiger partial charge in [-0.2, -0.15) is 0 Å². The number of fused-ring (bicyclic) bond motifs is 3. The zero-order valence-corrected chi connectivity index (χ0v) is 8.31. The molecule has 74 valence electrons. The summed E-state index contributed by atoms with van der Waals surface area (Å²) >= 11 is 0. The normalized spacial score (nSPS) is 30.7. The molecule has 14 heavy (non-hydrogen) atoms. The Morgan fingerprint density at radius 1 is 1.36 bits per heavy atom. The molecule has 2 heteroatoms. The smallest absolute Gasteiger partial charge is 0.209 e. The largest absolute Gasteiger partial charge is 0.473 e. The van der Waals surface area contributed by atoms with Crippen molar-refractivity contribution in [3.63, 3.8) is 0 Å². The lowest BCUT2D eigenvalue weighted by molar-refractivity contribution is 0.334. The molecule has 0 spiro atoms. The molecule has 1 heterocycles. The van der Waals surface area contributed by atoms with Gasteiger partial charge < -0.3 is 4.74 Å². The van der Waals surface area contributed by atoms with E-state index in [2.05, 4.69) is 6.08 Å². The summed E-state index contributed by atoms with van der Waals surface area (Å²) in [5.41, 5.74) is 4.28. The summed E-state index contributed by atoms with van der Waals surface area (Å²) in [4.78, 5) is 0. The van der Waals surface area contributed by atoms with E-state index < -0.39 is 0 Å². The number of allylic oxidation sites excluding steroid dienone is 2. The molecule has 3 rings (SSSR count). The molecule has 1 aliphatic heterocycles. The molecular weight excluding hydrogens is 174 g/mol. The molecule has 0 fully saturated rings. The summed E-state index contributed by atoms with van der Waals surface area (Å²) in [5, 5.41) is 7.72. The van der Waals surface area contributed by atoms with E-state index in [-0.39, 0.29) is 0 Å². The first-order valence-electron chi connectivity index (χ1n) is 5.46. The third-order valence-electron chi connectivity index (χ3n) is 3.68. The van der Waals surface area contributed by atoms with Gasteiger partial charge in [0.25, 0.3) is 0 Å². The van der Waals surface area contributed by atoms with Crippen molar-refractivity contribution in [3.8, 4) is 0 Å². The van der Waals surface area contributed by atoms with Crippen molar-refractivity contribution in [2.45, 2.75) is 32.1 Å². The van der Waals surface area contributed by atoms with Crippen LogP contribution in [-0.2, 0) is 4.74 Å². The maximum Gasteiger partial charge on any atom is 0.209 e. The lowest BCUT2D eigenvalue weighted by Crippen LogP contribution is -2.09. The highest BCUT2D eigenvalue weighted by Gasteiger charge is 2.31. The Labute approximate surface area is 84.2 Å². The van der Waals surface area contributed by atoms with Crippen molar-refractivity contribution >= 4 is 5.90 Å². The monoisotopic (exact) mass is 189 g/mol. The predicted molar refractivity (Wildman–Crippen MR) is 55.4 cm³/mol. The molecule has 0 unspecified atom stereocenters. The van der Waals surface area contributed by atoms with Crippen LogP contribution in [0, 0.1) is 11.3 Å². The molecule has 0 saturated carbocycles. The molecule has 1 N–H and O–H groups in total. The molecule has 0 aromatic carbocycles. The maximum atomic E-state index is 7.72. The Morgan fingerprint density at radius 2 is 2.29 bits per heavy atom. The van der Waals surface area contributed by atoms with Crippen LogP contribution in [0.4, 0.5) is 0 Å². The highest BCUT2D eigenvalue weighted by Crippen LogP contribution is 2.40. The van der Waals surface area contributed by atoms with Crippen LogP contribution in [0.25, 0.3) is 0 Å². The van der Waals surface area contributed by atoms with Gasteiger partial charge in [-0.15, -0.1) is 0 Å². The fourth-order valence-corrected chi connectivity index (χ4v) is 2.89. The molecule has 1 atom stereocenters. The first-order valence-corrected chi connectivity index (χ1v) is 5.46. The fraction of sp³-hybridized carbons (Fsp3) is 0.583. The van der Waals surface area contributed by atoms with Crippen LogP contribution < -0.4 is 0 Å². The number of hydrogen-bond donors (Lipinski definition) is 1. The van der Waals surface area contributed by atoms with Crippen LogP contribution in [0.2, 0.25) is 0 Å². The Morgan fingerprint density at radius 3 is 3.21 bits per heavy atom. The van der Waals surface area contributed by atoms with Gasteiger partial charge in [0.05, 0.1) is 0 Å². The second-order valence-corrected chi connectivity index (χ2v) is 4.46. The topological polar surface area (TPSA) is 33.1 Å². The molecule has 0 radical (unpaired) electrons. The van der Waals surface area contributed by atoms with E-state index in [1.54, 1.807) is 5.57 Å². The van der Waals surface area contributed by atoms with Crippen molar-refractivity contribution in [1.82, 2.24) is 0 Å². The summed E-state index contributed by atoms with van der Waals surface area (Å²) in [5.74, 6) is 1.14. The highest BCUT2D eigenvalue weighted by atomic mass is 16.5. The zero-order chi connectivity index (χ0) is 9.54. The molecule has 0 saturated heterocycles. The van der Waals surface area contributed by atoms with E-state index in [9.17, 15) is 0 Å². The van der Waals surface area contributed by atoms with Crippen molar-refractivity contribution < 1.29 is 4.74 Å². The average molecular weight is 189 g/mol. The lowest BCUT2D eigenvalue weighted by Gasteiger charge is -2.21. The summed E-state index contributed by atoms with van der Waals surface area (Å²) in [6.07, 6.45) is 8.32. The van der Waals surface area contributed by atoms with Gasteiger partial charge in [-0.25, -0.2) is 0 Å². The Bertz CT molecular complexity index is 351. The number of hydrogen-bond acceptors (Lipinski definition) is 2. The van der Waals surface area contributed by atoms with Crippen LogP contribution in [-0.4, -0.2) is 12.5 Å². The number of nitrogens with one attached hydrogen (secondary N) is 1. The van der Waals surface area contributed by atoms with Crippen LogP contribution in [0.5, 0.6) is 0 Å². The maximum absolute atomic E-state index is 7.72. The average Bonchev–Trinajstić information content (AvgIpc) is 2.52. The summed E-state index contributed by atoms with van der Waals surface area (Å²) in [7, 11) is 0. The number of rotatable bonds is 0. The van der Waals surface area contributed by atoms with Gasteiger partial charge in [-0.3, -0.25) is 5.41 Å². The minimum Gasteiger partial charge on any atom is -0.473 e. The van der Waals surface area contributed by atoms with Crippen LogP contribution in [0.1, 0.15) is 32.1 Å². The van der Waals surface area contributed by atoms with Gasteiger partial charge in [-0.05, 0) is 43.6 Å². The molecule has 0 amide bonds. The first-order chi connectivity index (χ1) is 6.84. The van der Waals surface area contributed by atoms with E-state index in [4.69, 9.17) is 10.1 Å². The van der Waals surface area contributed by atoms with Crippen LogP contribution in [0.15, 0.2) is 22.8 Å². The van der Waals surface area contributed by atoms with Gasteiger partial charge in [0.2, 0.25) is 5.90 Å². The van der Waals surface area contributed by atoms with Crippen molar-refractivity contribution in [3.05, 3.63) is 22.8 Å². The quantitative estimate of drug-likeness (QED) is 0.584. The molecule has 2 aliphatic carbocycles. The highest BCUT2D eigenvalue weighted by molar-refractivity contribution is 5.94. The Hall–Kier alpha value is -1.05. The standard InChI is InChI=1S/C12H15NO/c13-12-10-5-4-8-2-1-3-9(6-8)11(10)7-14-12/h2,9,13H,1,3-7H2/t9-/m1/s1. The second kappa shape index (κ2) is 2.97. The molecule has 2 nitrogen and oxygen atoms in total. The summed E-state index contributed by atoms with van der Waals surface area (Å²) in [6, 6.07) is 0. The van der Waals surface area contributed by atoms with Crippen LogP contribution in [0.3, 0.4) is 0 Å². The Balaban J connectivity index is 2.00. The summed E-state index contributed by atoms with van der Waals surface area (Å²) in [6.45, 7) is 0.701. The van der Waals surface area contributed by atoms with Gasteiger partial charge in [-0.1, -0.05) is 11.6 Å². The van der Waals surface area contributed by atoms with E-state index >= 15 is 0 Å². The first kappa shape index (κ1) is 8.27. The van der Waals surface area contributed by atoms with E-state index in [0.29, 0.717) is 18.4 Å². The number of ether oxygens (including phenoxy) is 1. The van der Waals surface area contributed by atoms with Gasteiger partial charge >= 0.3 is 0 Å². The molecule has 0 aromatic rings. The third kappa shape index (κ3) is 1.13. The molecule has 0 aromatic heterocycles. The fourth-order valence-electron chi connectivity index (χ4n) is 2.89. The SMILES string of the molecule is N=C1OCC2=C1CCC1=CCC[C@@H]2C1. The van der Waals surface area contributed by atoms with Crippen molar-refractivity contribution in [1.29, 1.82) is 5.41 Å². The minimum absolute atomic E-state index is 0.452. The van der Waals surface area contributed by atoms with Gasteiger partial charge in [0.1, 0.15) is 6.61 Å². The van der Waals surface area contributed by atoms with Crippen molar-refractivity contribution in [2.75, 3.05) is 6.61 Å². The molecule has 3 aliphatic rings. The zero-order valence-electron chi connectivity index (χ0n) is 8.31. The Kier molecular flexibility index (Phi) is 1.76. The second-order valence-electron chi connectivity index (χ2n) is 4.46.